The van der Waals surface area contributed by atoms with Crippen molar-refractivity contribution in [2.75, 3.05) is 6.54 Å². The number of nitrogens with one attached hydrogen (secondary N) is 1. The number of rotatable bonds is 4. The maximum Gasteiger partial charge on any atom is 0.126 e. The molecule has 0 bridgehead atoms. The lowest BCUT2D eigenvalue weighted by atomic mass is 9.64. The molecule has 0 radical (unpaired) electrons. The lowest BCUT2D eigenvalue weighted by molar-refractivity contribution is -0.0541. The van der Waals surface area contributed by atoms with Crippen molar-refractivity contribution in [3.05, 3.63) is 29.6 Å². The number of aryl methyl sites for hydroxylation is 1. The first-order valence-electron chi connectivity index (χ1n) is 6.61. The summed E-state index contributed by atoms with van der Waals surface area (Å²) in [5.41, 5.74) is 0.756. The number of benzene rings is 1. The van der Waals surface area contributed by atoms with Crippen LogP contribution in [-0.4, -0.2) is 18.7 Å². The van der Waals surface area contributed by atoms with Crippen LogP contribution in [-0.2, 0) is 0 Å². The van der Waals surface area contributed by atoms with Crippen LogP contribution in [0.1, 0.15) is 32.8 Å². The molecule has 0 heterocycles. The zero-order chi connectivity index (χ0) is 13.3. The maximum atomic E-state index is 13.2. The molecule has 2 rings (SSSR count). The summed E-state index contributed by atoms with van der Waals surface area (Å²) >= 11 is 0. The molecule has 0 aromatic heterocycles. The minimum Gasteiger partial charge on any atom is -0.490 e. The summed E-state index contributed by atoms with van der Waals surface area (Å²) in [5, 5.41) is 3.47. The van der Waals surface area contributed by atoms with Gasteiger partial charge in [0.25, 0.3) is 0 Å². The van der Waals surface area contributed by atoms with Gasteiger partial charge in [0.15, 0.2) is 0 Å². The highest BCUT2D eigenvalue weighted by atomic mass is 19.1. The molecule has 2 atom stereocenters. The van der Waals surface area contributed by atoms with E-state index in [9.17, 15) is 4.39 Å². The van der Waals surface area contributed by atoms with Gasteiger partial charge in [-0.3, -0.25) is 0 Å². The van der Waals surface area contributed by atoms with Gasteiger partial charge < -0.3 is 10.1 Å². The third-order valence-corrected chi connectivity index (χ3v) is 4.04. The average molecular weight is 251 g/mol. The molecule has 100 valence electrons. The van der Waals surface area contributed by atoms with E-state index in [1.54, 1.807) is 19.1 Å². The minimum absolute atomic E-state index is 0.123. The second-order valence-electron chi connectivity index (χ2n) is 5.68. The quantitative estimate of drug-likeness (QED) is 0.886. The summed E-state index contributed by atoms with van der Waals surface area (Å²) in [6, 6.07) is 5.46. The molecule has 2 nitrogen and oxygen atoms in total. The zero-order valence-electron chi connectivity index (χ0n) is 11.6. The predicted octanol–water partition coefficient (Wildman–Crippen LogP) is 3.29. The first-order chi connectivity index (χ1) is 8.45. The highest BCUT2D eigenvalue weighted by molar-refractivity contribution is 5.29. The van der Waals surface area contributed by atoms with E-state index in [2.05, 4.69) is 26.1 Å². The molecule has 1 saturated carbocycles. The van der Waals surface area contributed by atoms with Gasteiger partial charge in [-0.1, -0.05) is 20.8 Å². The van der Waals surface area contributed by atoms with Crippen LogP contribution in [0.3, 0.4) is 0 Å². The van der Waals surface area contributed by atoms with Crippen LogP contribution in [0.15, 0.2) is 18.2 Å². The van der Waals surface area contributed by atoms with Crippen molar-refractivity contribution < 1.29 is 9.13 Å². The Kier molecular flexibility index (Phi) is 3.62. The molecule has 0 aliphatic heterocycles. The lowest BCUT2D eigenvalue weighted by Crippen LogP contribution is -2.62. The third-order valence-electron chi connectivity index (χ3n) is 4.04. The molecule has 1 aromatic carbocycles. The molecule has 2 unspecified atom stereocenters. The van der Waals surface area contributed by atoms with Gasteiger partial charge >= 0.3 is 0 Å². The summed E-state index contributed by atoms with van der Waals surface area (Å²) in [6.45, 7) is 9.29. The molecule has 1 aromatic rings. The summed E-state index contributed by atoms with van der Waals surface area (Å²) in [4.78, 5) is 0. The van der Waals surface area contributed by atoms with Gasteiger partial charge in [0.2, 0.25) is 0 Å². The smallest absolute Gasteiger partial charge is 0.126 e. The van der Waals surface area contributed by atoms with E-state index >= 15 is 0 Å². The van der Waals surface area contributed by atoms with E-state index < -0.39 is 0 Å². The number of hydrogen-bond donors (Lipinski definition) is 1. The first kappa shape index (κ1) is 13.3. The van der Waals surface area contributed by atoms with Gasteiger partial charge in [0.1, 0.15) is 17.7 Å². The van der Waals surface area contributed by atoms with Crippen molar-refractivity contribution in [1.29, 1.82) is 0 Å². The van der Waals surface area contributed by atoms with Crippen LogP contribution < -0.4 is 10.1 Å². The fourth-order valence-corrected chi connectivity index (χ4v) is 2.53. The number of hydrogen-bond acceptors (Lipinski definition) is 2. The van der Waals surface area contributed by atoms with Crippen LogP contribution in [0, 0.1) is 18.2 Å². The highest BCUT2D eigenvalue weighted by Gasteiger charge is 2.49. The first-order valence-corrected chi connectivity index (χ1v) is 6.61. The van der Waals surface area contributed by atoms with E-state index in [1.807, 2.05) is 0 Å². The van der Waals surface area contributed by atoms with E-state index in [0.717, 1.165) is 18.7 Å². The maximum absolute atomic E-state index is 13.2. The summed E-state index contributed by atoms with van der Waals surface area (Å²) in [5.74, 6) is 0.586. The molecule has 0 saturated heterocycles. The largest absolute Gasteiger partial charge is 0.490 e. The van der Waals surface area contributed by atoms with Crippen molar-refractivity contribution in [1.82, 2.24) is 5.32 Å². The highest BCUT2D eigenvalue weighted by Crippen LogP contribution is 2.43. The van der Waals surface area contributed by atoms with Crippen LogP contribution in [0.2, 0.25) is 0 Å². The molecular weight excluding hydrogens is 229 g/mol. The Morgan fingerprint density at radius 1 is 1.44 bits per heavy atom. The van der Waals surface area contributed by atoms with Crippen LogP contribution in [0.5, 0.6) is 5.75 Å². The molecule has 18 heavy (non-hydrogen) atoms. The van der Waals surface area contributed by atoms with Gasteiger partial charge in [-0.25, -0.2) is 4.39 Å². The summed E-state index contributed by atoms with van der Waals surface area (Å²) < 4.78 is 19.2. The average Bonchev–Trinajstić information content (AvgIpc) is 2.32. The standard InChI is InChI=1S/C15H22FNO/c1-5-17-13-9-14(15(13,3)4)18-11-6-7-12(16)10(2)8-11/h6-8,13-14,17H,5,9H2,1-4H3. The minimum atomic E-state index is -0.180. The van der Waals surface area contributed by atoms with E-state index in [-0.39, 0.29) is 17.3 Å². The van der Waals surface area contributed by atoms with Gasteiger partial charge in [-0.2, -0.15) is 0 Å². The second kappa shape index (κ2) is 4.88. The Hall–Kier alpha value is -1.09. The van der Waals surface area contributed by atoms with Crippen molar-refractivity contribution >= 4 is 0 Å². The molecule has 0 amide bonds. The molecule has 0 spiro atoms. The summed E-state index contributed by atoms with van der Waals surface area (Å²) in [6.07, 6.45) is 1.21. The van der Waals surface area contributed by atoms with E-state index in [0.29, 0.717) is 11.6 Å². The molecule has 1 aliphatic carbocycles. The Morgan fingerprint density at radius 2 is 2.17 bits per heavy atom. The van der Waals surface area contributed by atoms with Crippen molar-refractivity contribution in [3.63, 3.8) is 0 Å². The lowest BCUT2D eigenvalue weighted by Gasteiger charge is -2.51. The van der Waals surface area contributed by atoms with Gasteiger partial charge in [-0.15, -0.1) is 0 Å². The van der Waals surface area contributed by atoms with Crippen LogP contribution >= 0.6 is 0 Å². The van der Waals surface area contributed by atoms with Gasteiger partial charge in [0, 0.05) is 17.9 Å². The van der Waals surface area contributed by atoms with Crippen molar-refractivity contribution in [2.24, 2.45) is 5.41 Å². The van der Waals surface area contributed by atoms with E-state index in [1.165, 1.54) is 6.07 Å². The SMILES string of the molecule is CCNC1CC(Oc2ccc(F)c(C)c2)C1(C)C. The monoisotopic (exact) mass is 251 g/mol. The van der Waals surface area contributed by atoms with Gasteiger partial charge in [0.05, 0.1) is 0 Å². The molecule has 3 heteroatoms. The van der Waals surface area contributed by atoms with Crippen molar-refractivity contribution in [2.45, 2.75) is 46.3 Å². The Balaban J connectivity index is 2.01. The summed E-state index contributed by atoms with van der Waals surface area (Å²) in [7, 11) is 0. The fraction of sp³-hybridized carbons (Fsp3) is 0.600. The Labute approximate surface area is 109 Å². The zero-order valence-corrected chi connectivity index (χ0v) is 11.6. The Morgan fingerprint density at radius 3 is 2.72 bits per heavy atom. The van der Waals surface area contributed by atoms with Crippen LogP contribution in [0.4, 0.5) is 4.39 Å². The molecule has 1 fully saturated rings. The third kappa shape index (κ3) is 2.37. The van der Waals surface area contributed by atoms with E-state index in [4.69, 9.17) is 4.74 Å². The van der Waals surface area contributed by atoms with Crippen LogP contribution in [0.25, 0.3) is 0 Å². The molecule has 1 aliphatic rings. The fourth-order valence-electron chi connectivity index (χ4n) is 2.53. The number of halogens is 1. The predicted molar refractivity (Wildman–Crippen MR) is 71.4 cm³/mol. The van der Waals surface area contributed by atoms with Crippen molar-refractivity contribution in [3.8, 4) is 5.75 Å². The van der Waals surface area contributed by atoms with Gasteiger partial charge in [-0.05, 0) is 37.2 Å². The number of ether oxygens (including phenoxy) is 1. The second-order valence-corrected chi connectivity index (χ2v) is 5.68. The molecule has 1 N–H and O–H groups in total. The topological polar surface area (TPSA) is 21.3 Å². The normalized spacial score (nSPS) is 25.6. The Bertz CT molecular complexity index is 431. The molecular formula is C15H22FNO.